The summed E-state index contributed by atoms with van der Waals surface area (Å²) in [5, 5.41) is 0. The Morgan fingerprint density at radius 1 is 1.55 bits per heavy atom. The summed E-state index contributed by atoms with van der Waals surface area (Å²) < 4.78 is 4.53. The van der Waals surface area contributed by atoms with E-state index in [-0.39, 0.29) is 0 Å². The van der Waals surface area contributed by atoms with Gasteiger partial charge in [-0.2, -0.15) is 0 Å². The summed E-state index contributed by atoms with van der Waals surface area (Å²) >= 11 is 5.21. The minimum atomic E-state index is 0.635. The molecule has 0 atom stereocenters. The van der Waals surface area contributed by atoms with E-state index in [9.17, 15) is 0 Å². The van der Waals surface area contributed by atoms with Gasteiger partial charge in [0.15, 0.2) is 0 Å². The maximum atomic E-state index is 5.21. The summed E-state index contributed by atoms with van der Waals surface area (Å²) in [6.45, 7) is 5.38. The number of hydrogen-bond acceptors (Lipinski definition) is 1. The second-order valence-corrected chi connectivity index (χ2v) is 1.83. The molecule has 11 heavy (non-hydrogen) atoms. The summed E-state index contributed by atoms with van der Waals surface area (Å²) in [6.07, 6.45) is 8.76. The first kappa shape index (κ1) is 12.9. The van der Waals surface area contributed by atoms with E-state index in [1.807, 2.05) is 19.1 Å². The van der Waals surface area contributed by atoms with E-state index in [4.69, 9.17) is 11.6 Å². The van der Waals surface area contributed by atoms with Crippen LogP contribution in [0.5, 0.6) is 0 Å². The molecule has 0 spiro atoms. The van der Waals surface area contributed by atoms with Crippen LogP contribution in [0.25, 0.3) is 0 Å². The number of rotatable bonds is 3. The van der Waals surface area contributed by atoms with E-state index in [1.54, 1.807) is 25.5 Å². The zero-order valence-electron chi connectivity index (χ0n) is 7.09. The van der Waals surface area contributed by atoms with Crippen LogP contribution in [0.4, 0.5) is 0 Å². The molecular formula is C9H15ClO. The molecule has 0 saturated heterocycles. The molecule has 0 amide bonds. The highest BCUT2D eigenvalue weighted by Gasteiger charge is 1.54. The number of halogens is 1. The lowest BCUT2D eigenvalue weighted by molar-refractivity contribution is 0.338. The van der Waals surface area contributed by atoms with Crippen molar-refractivity contribution in [2.24, 2.45) is 0 Å². The molecule has 0 radical (unpaired) electrons. The Kier molecular flexibility index (Phi) is 19.0. The third-order valence-electron chi connectivity index (χ3n) is 0.676. The van der Waals surface area contributed by atoms with Crippen LogP contribution in [0.2, 0.25) is 0 Å². The van der Waals surface area contributed by atoms with Gasteiger partial charge in [-0.05, 0) is 13.0 Å². The van der Waals surface area contributed by atoms with E-state index in [2.05, 4.69) is 11.3 Å². The van der Waals surface area contributed by atoms with Gasteiger partial charge >= 0.3 is 0 Å². The molecular weight excluding hydrogens is 160 g/mol. The first-order valence-corrected chi connectivity index (χ1v) is 3.84. The summed E-state index contributed by atoms with van der Waals surface area (Å²) in [4.78, 5) is 0. The Hall–Kier alpha value is -0.690. The summed E-state index contributed by atoms with van der Waals surface area (Å²) in [5.41, 5.74) is 0. The van der Waals surface area contributed by atoms with Crippen LogP contribution >= 0.6 is 11.6 Å². The molecule has 0 aliphatic rings. The average Bonchev–Trinajstić information content (AvgIpc) is 2.04. The fourth-order valence-electron chi connectivity index (χ4n) is 0.223. The van der Waals surface area contributed by atoms with Crippen LogP contribution in [0, 0.1) is 0 Å². The van der Waals surface area contributed by atoms with E-state index in [1.165, 1.54) is 0 Å². The van der Waals surface area contributed by atoms with Gasteiger partial charge in [-0.15, -0.1) is 11.6 Å². The maximum Gasteiger partial charge on any atom is 0.0824 e. The molecule has 0 aliphatic carbocycles. The number of allylic oxidation sites excluding steroid dienone is 4. The van der Waals surface area contributed by atoms with E-state index in [0.717, 1.165) is 0 Å². The lowest BCUT2D eigenvalue weighted by Crippen LogP contribution is -1.58. The largest absolute Gasteiger partial charge is 0.504 e. The van der Waals surface area contributed by atoms with Crippen LogP contribution in [-0.2, 0) is 4.74 Å². The van der Waals surface area contributed by atoms with Crippen molar-refractivity contribution in [3.8, 4) is 0 Å². The Labute approximate surface area is 74.0 Å². The van der Waals surface area contributed by atoms with Crippen LogP contribution in [0.3, 0.4) is 0 Å². The van der Waals surface area contributed by atoms with Crippen LogP contribution in [0.15, 0.2) is 37.1 Å². The van der Waals surface area contributed by atoms with Crippen LogP contribution in [-0.4, -0.2) is 13.0 Å². The van der Waals surface area contributed by atoms with Crippen molar-refractivity contribution in [2.45, 2.75) is 6.92 Å². The van der Waals surface area contributed by atoms with Gasteiger partial charge in [0.25, 0.3) is 0 Å². The fourth-order valence-corrected chi connectivity index (χ4v) is 0.401. The lowest BCUT2D eigenvalue weighted by atomic mass is 10.6. The Morgan fingerprint density at radius 2 is 2.18 bits per heavy atom. The monoisotopic (exact) mass is 174 g/mol. The highest BCUT2D eigenvalue weighted by molar-refractivity contribution is 6.18. The minimum absolute atomic E-state index is 0.635. The number of alkyl halides is 1. The van der Waals surface area contributed by atoms with Crippen molar-refractivity contribution < 1.29 is 4.74 Å². The first-order chi connectivity index (χ1) is 5.33. The van der Waals surface area contributed by atoms with Gasteiger partial charge < -0.3 is 4.74 Å². The molecule has 0 aromatic carbocycles. The number of methoxy groups -OCH3 is 1. The Morgan fingerprint density at radius 3 is 2.27 bits per heavy atom. The molecule has 0 bridgehead atoms. The molecule has 1 nitrogen and oxygen atoms in total. The second-order valence-electron chi connectivity index (χ2n) is 1.52. The van der Waals surface area contributed by atoms with Gasteiger partial charge in [0, 0.05) is 5.88 Å². The molecule has 0 fully saturated rings. The van der Waals surface area contributed by atoms with Crippen LogP contribution < -0.4 is 0 Å². The molecule has 2 heteroatoms. The fraction of sp³-hybridized carbons (Fsp3) is 0.333. The molecule has 0 aromatic rings. The Bertz CT molecular complexity index is 117. The summed E-state index contributed by atoms with van der Waals surface area (Å²) in [7, 11) is 1.60. The third-order valence-corrected chi connectivity index (χ3v) is 0.854. The molecule has 0 unspecified atom stereocenters. The van der Waals surface area contributed by atoms with Gasteiger partial charge in [-0.25, -0.2) is 0 Å². The SMILES string of the molecule is C/C=C\CCl.C=C/C=C/OC. The number of ether oxygens (including phenoxy) is 1. The summed E-state index contributed by atoms with van der Waals surface area (Å²) in [6, 6.07) is 0. The standard InChI is InChI=1S/C5H8O.C4H7Cl/c1-3-4-5-6-2;1-2-3-4-5/h3-5H,1H2,2H3;2-3H,4H2,1H3/b5-4+;3-2-. The normalized spacial score (nSPS) is 9.36. The molecule has 0 N–H and O–H groups in total. The van der Waals surface area contributed by atoms with Crippen molar-refractivity contribution in [1.82, 2.24) is 0 Å². The highest BCUT2D eigenvalue weighted by atomic mass is 35.5. The van der Waals surface area contributed by atoms with Gasteiger partial charge in [-0.3, -0.25) is 0 Å². The van der Waals surface area contributed by atoms with Gasteiger partial charge in [0.2, 0.25) is 0 Å². The molecule has 0 aliphatic heterocycles. The van der Waals surface area contributed by atoms with Crippen molar-refractivity contribution >= 4 is 11.6 Å². The van der Waals surface area contributed by atoms with Gasteiger partial charge in [-0.1, -0.05) is 24.8 Å². The van der Waals surface area contributed by atoms with Crippen LogP contribution in [0.1, 0.15) is 6.92 Å². The predicted octanol–water partition coefficient (Wildman–Crippen LogP) is 3.13. The van der Waals surface area contributed by atoms with Gasteiger partial charge in [0.1, 0.15) is 0 Å². The predicted molar refractivity (Wildman–Crippen MR) is 51.9 cm³/mol. The van der Waals surface area contributed by atoms with Crippen molar-refractivity contribution in [2.75, 3.05) is 13.0 Å². The van der Waals surface area contributed by atoms with Crippen molar-refractivity contribution in [1.29, 1.82) is 0 Å². The highest BCUT2D eigenvalue weighted by Crippen LogP contribution is 1.73. The number of hydrogen-bond donors (Lipinski definition) is 0. The second kappa shape index (κ2) is 16.1. The van der Waals surface area contributed by atoms with E-state index < -0.39 is 0 Å². The average molecular weight is 175 g/mol. The topological polar surface area (TPSA) is 9.23 Å². The Balaban J connectivity index is 0. The first-order valence-electron chi connectivity index (χ1n) is 3.31. The zero-order chi connectivity index (χ0) is 8.95. The molecule has 0 rings (SSSR count). The quantitative estimate of drug-likeness (QED) is 0.277. The van der Waals surface area contributed by atoms with Gasteiger partial charge in [0.05, 0.1) is 13.4 Å². The third kappa shape index (κ3) is 26.8. The van der Waals surface area contributed by atoms with E-state index in [0.29, 0.717) is 5.88 Å². The molecule has 0 saturated carbocycles. The minimum Gasteiger partial charge on any atom is -0.504 e. The smallest absolute Gasteiger partial charge is 0.0824 e. The van der Waals surface area contributed by atoms with Crippen molar-refractivity contribution in [3.63, 3.8) is 0 Å². The summed E-state index contributed by atoms with van der Waals surface area (Å²) in [5.74, 6) is 0.635. The lowest BCUT2D eigenvalue weighted by Gasteiger charge is -1.77. The molecule has 64 valence electrons. The van der Waals surface area contributed by atoms with Crippen molar-refractivity contribution in [3.05, 3.63) is 37.1 Å². The maximum absolute atomic E-state index is 5.21. The molecule has 0 aromatic heterocycles. The van der Waals surface area contributed by atoms with E-state index >= 15 is 0 Å². The molecule has 0 heterocycles. The zero-order valence-corrected chi connectivity index (χ0v) is 7.84.